The summed E-state index contributed by atoms with van der Waals surface area (Å²) in [5.41, 5.74) is 10.3. The number of hydrogen-bond donors (Lipinski definition) is 2. The normalized spacial score (nSPS) is 17.2. The maximum atomic E-state index is 6.11. The highest BCUT2D eigenvalue weighted by Crippen LogP contribution is 2.28. The van der Waals surface area contributed by atoms with E-state index < -0.39 is 0 Å². The summed E-state index contributed by atoms with van der Waals surface area (Å²) in [5.74, 6) is 0.699. The van der Waals surface area contributed by atoms with Crippen LogP contribution in [-0.4, -0.2) is 49.3 Å². The molecule has 0 aliphatic carbocycles. The number of nitrogens with two attached hydrogens (primary N) is 1. The Hall–Kier alpha value is -3.39. The molecule has 0 spiro atoms. The summed E-state index contributed by atoms with van der Waals surface area (Å²) in [5, 5.41) is 8.50. The SMILES string of the molecule is NC1CCCN(c2nccc(-c3n[nH]c4cnc(-c5cccnc5)cc34)n2)C1. The van der Waals surface area contributed by atoms with Crippen molar-refractivity contribution in [2.75, 3.05) is 18.0 Å². The van der Waals surface area contributed by atoms with Gasteiger partial charge in [0.25, 0.3) is 0 Å². The predicted molar refractivity (Wildman–Crippen MR) is 108 cm³/mol. The molecule has 5 heterocycles. The van der Waals surface area contributed by atoms with Crippen molar-refractivity contribution in [3.8, 4) is 22.6 Å². The van der Waals surface area contributed by atoms with Crippen molar-refractivity contribution >= 4 is 16.9 Å². The molecule has 0 saturated carbocycles. The molecule has 3 N–H and O–H groups in total. The zero-order valence-electron chi connectivity index (χ0n) is 15.3. The number of anilines is 1. The van der Waals surface area contributed by atoms with Crippen molar-refractivity contribution in [2.24, 2.45) is 5.73 Å². The third kappa shape index (κ3) is 3.07. The standard InChI is InChI=1S/C20H20N8/c21-14-4-2-8-28(12-14)20-23-7-5-16(25-20)19-15-9-17(13-3-1-6-22-10-13)24-11-18(15)26-27-19/h1,3,5-7,9-11,14H,2,4,8,12,21H2,(H,26,27). The zero-order valence-corrected chi connectivity index (χ0v) is 15.3. The average Bonchev–Trinajstić information content (AvgIpc) is 3.18. The fourth-order valence-electron chi connectivity index (χ4n) is 3.61. The molecular formula is C20H20N8. The number of nitrogens with one attached hydrogen (secondary N) is 1. The Kier molecular flexibility index (Phi) is 4.17. The Morgan fingerprint density at radius 1 is 1.11 bits per heavy atom. The van der Waals surface area contributed by atoms with Gasteiger partial charge in [0.1, 0.15) is 5.69 Å². The molecule has 8 nitrogen and oxygen atoms in total. The van der Waals surface area contributed by atoms with E-state index in [9.17, 15) is 0 Å². The number of hydrogen-bond acceptors (Lipinski definition) is 7. The van der Waals surface area contributed by atoms with Crippen LogP contribution >= 0.6 is 0 Å². The van der Waals surface area contributed by atoms with Crippen LogP contribution in [-0.2, 0) is 0 Å². The monoisotopic (exact) mass is 372 g/mol. The van der Waals surface area contributed by atoms with E-state index in [2.05, 4.69) is 30.0 Å². The molecule has 1 aliphatic rings. The van der Waals surface area contributed by atoms with Gasteiger partial charge >= 0.3 is 0 Å². The van der Waals surface area contributed by atoms with Crippen LogP contribution in [0.3, 0.4) is 0 Å². The second-order valence-electron chi connectivity index (χ2n) is 7.02. The van der Waals surface area contributed by atoms with Crippen molar-refractivity contribution < 1.29 is 0 Å². The number of fused-ring (bicyclic) bond motifs is 1. The van der Waals surface area contributed by atoms with Crippen LogP contribution < -0.4 is 10.6 Å². The third-order valence-electron chi connectivity index (χ3n) is 5.03. The Labute approximate surface area is 161 Å². The first-order valence-electron chi connectivity index (χ1n) is 9.36. The highest BCUT2D eigenvalue weighted by atomic mass is 15.3. The van der Waals surface area contributed by atoms with Gasteiger partial charge in [-0.15, -0.1) is 0 Å². The lowest BCUT2D eigenvalue weighted by atomic mass is 10.1. The van der Waals surface area contributed by atoms with Gasteiger partial charge in [-0.05, 0) is 37.1 Å². The van der Waals surface area contributed by atoms with Gasteiger partial charge in [-0.1, -0.05) is 0 Å². The van der Waals surface area contributed by atoms with Gasteiger partial charge in [-0.25, -0.2) is 9.97 Å². The summed E-state index contributed by atoms with van der Waals surface area (Å²) in [6.07, 6.45) is 9.22. The molecule has 1 saturated heterocycles. The van der Waals surface area contributed by atoms with E-state index in [4.69, 9.17) is 10.7 Å². The van der Waals surface area contributed by atoms with Gasteiger partial charge < -0.3 is 10.6 Å². The molecule has 140 valence electrons. The van der Waals surface area contributed by atoms with Crippen LogP contribution in [0.5, 0.6) is 0 Å². The van der Waals surface area contributed by atoms with Crippen molar-refractivity contribution in [3.05, 3.63) is 49.1 Å². The molecule has 8 heteroatoms. The number of aromatic nitrogens is 6. The lowest BCUT2D eigenvalue weighted by Gasteiger charge is -2.30. The van der Waals surface area contributed by atoms with Gasteiger partial charge in [0.05, 0.1) is 23.1 Å². The summed E-state index contributed by atoms with van der Waals surface area (Å²) in [6.45, 7) is 1.70. The Bertz CT molecular complexity index is 1110. The Morgan fingerprint density at radius 3 is 2.93 bits per heavy atom. The lowest BCUT2D eigenvalue weighted by molar-refractivity contribution is 0.500. The summed E-state index contributed by atoms with van der Waals surface area (Å²) in [4.78, 5) is 20.1. The first-order valence-corrected chi connectivity index (χ1v) is 9.36. The molecule has 1 aliphatic heterocycles. The minimum Gasteiger partial charge on any atom is -0.339 e. The summed E-state index contributed by atoms with van der Waals surface area (Å²) >= 11 is 0. The fourth-order valence-corrected chi connectivity index (χ4v) is 3.61. The Morgan fingerprint density at radius 2 is 2.07 bits per heavy atom. The Balaban J connectivity index is 1.55. The number of rotatable bonds is 3. The summed E-state index contributed by atoms with van der Waals surface area (Å²) in [7, 11) is 0. The number of aromatic amines is 1. The first-order chi connectivity index (χ1) is 13.8. The van der Waals surface area contributed by atoms with Crippen molar-refractivity contribution in [2.45, 2.75) is 18.9 Å². The molecule has 28 heavy (non-hydrogen) atoms. The average molecular weight is 372 g/mol. The van der Waals surface area contributed by atoms with Crippen molar-refractivity contribution in [1.29, 1.82) is 0 Å². The third-order valence-corrected chi connectivity index (χ3v) is 5.03. The van der Waals surface area contributed by atoms with Gasteiger partial charge in [0.15, 0.2) is 0 Å². The number of nitrogens with zero attached hydrogens (tertiary/aromatic N) is 6. The topological polar surface area (TPSA) is 110 Å². The van der Waals surface area contributed by atoms with Gasteiger partial charge in [-0.2, -0.15) is 5.10 Å². The molecule has 0 bridgehead atoms. The number of piperidine rings is 1. The van der Waals surface area contributed by atoms with E-state index in [1.807, 2.05) is 24.3 Å². The van der Waals surface area contributed by atoms with Crippen LogP contribution in [0.1, 0.15) is 12.8 Å². The van der Waals surface area contributed by atoms with Crippen LogP contribution in [0.2, 0.25) is 0 Å². The summed E-state index contributed by atoms with van der Waals surface area (Å²) in [6, 6.07) is 7.96. The highest BCUT2D eigenvalue weighted by molar-refractivity contribution is 5.93. The maximum Gasteiger partial charge on any atom is 0.225 e. The maximum absolute atomic E-state index is 6.11. The van der Waals surface area contributed by atoms with E-state index in [0.29, 0.717) is 5.95 Å². The minimum absolute atomic E-state index is 0.167. The van der Waals surface area contributed by atoms with E-state index in [1.165, 1.54) is 0 Å². The molecule has 4 aromatic heterocycles. The molecule has 0 amide bonds. The predicted octanol–water partition coefficient (Wildman–Crippen LogP) is 2.40. The van der Waals surface area contributed by atoms with Crippen LogP contribution in [0.25, 0.3) is 33.5 Å². The molecule has 4 aromatic rings. The highest BCUT2D eigenvalue weighted by Gasteiger charge is 2.20. The molecule has 1 fully saturated rings. The molecular weight excluding hydrogens is 352 g/mol. The van der Waals surface area contributed by atoms with Gasteiger partial charge in [0.2, 0.25) is 5.95 Å². The second kappa shape index (κ2) is 6.97. The minimum atomic E-state index is 0.167. The lowest BCUT2D eigenvalue weighted by Crippen LogP contribution is -2.43. The van der Waals surface area contributed by atoms with Crippen LogP contribution in [0.4, 0.5) is 5.95 Å². The quantitative estimate of drug-likeness (QED) is 0.568. The van der Waals surface area contributed by atoms with E-state index >= 15 is 0 Å². The van der Waals surface area contributed by atoms with E-state index in [-0.39, 0.29) is 6.04 Å². The second-order valence-corrected chi connectivity index (χ2v) is 7.02. The largest absolute Gasteiger partial charge is 0.339 e. The zero-order chi connectivity index (χ0) is 18.9. The molecule has 0 aromatic carbocycles. The van der Waals surface area contributed by atoms with Crippen molar-refractivity contribution in [3.63, 3.8) is 0 Å². The van der Waals surface area contributed by atoms with Gasteiger partial charge in [-0.3, -0.25) is 15.1 Å². The number of H-pyrrole nitrogens is 1. The van der Waals surface area contributed by atoms with Crippen molar-refractivity contribution in [1.82, 2.24) is 30.1 Å². The molecule has 0 radical (unpaired) electrons. The fraction of sp³-hybridized carbons (Fsp3) is 0.250. The summed E-state index contributed by atoms with van der Waals surface area (Å²) < 4.78 is 0. The smallest absolute Gasteiger partial charge is 0.225 e. The van der Waals surface area contributed by atoms with Gasteiger partial charge in [0, 0.05) is 48.7 Å². The molecule has 1 atom stereocenters. The van der Waals surface area contributed by atoms with Crippen LogP contribution in [0, 0.1) is 0 Å². The first kappa shape index (κ1) is 16.8. The number of pyridine rings is 2. The molecule has 5 rings (SSSR count). The van der Waals surface area contributed by atoms with E-state index in [0.717, 1.165) is 59.5 Å². The molecule has 1 unspecified atom stereocenters. The van der Waals surface area contributed by atoms with E-state index in [1.54, 1.807) is 24.8 Å². The van der Waals surface area contributed by atoms with Crippen LogP contribution in [0.15, 0.2) is 49.1 Å².